The fourth-order valence-corrected chi connectivity index (χ4v) is 5.18. The Morgan fingerprint density at radius 2 is 2.17 bits per heavy atom. The van der Waals surface area contributed by atoms with E-state index in [-0.39, 0.29) is 30.0 Å². The maximum atomic E-state index is 14.6. The average Bonchev–Trinajstić information content (AvgIpc) is 3.24. The van der Waals surface area contributed by atoms with Gasteiger partial charge in [0.2, 0.25) is 11.8 Å². The van der Waals surface area contributed by atoms with E-state index in [0.717, 1.165) is 4.90 Å². The lowest BCUT2D eigenvalue weighted by Gasteiger charge is -2.17. The second kappa shape index (κ2) is 10.3. The number of carbonyl (C=O) groups excluding carboxylic acids is 2. The number of hydrogen-bond acceptors (Lipinski definition) is 9. The first-order valence-corrected chi connectivity index (χ1v) is 12.5. The van der Waals surface area contributed by atoms with Crippen molar-refractivity contribution in [1.29, 1.82) is 0 Å². The zero-order valence-electron chi connectivity index (χ0n) is 19.5. The monoisotopic (exact) mass is 512 g/mol. The third kappa shape index (κ3) is 5.11. The number of halogens is 1. The summed E-state index contributed by atoms with van der Waals surface area (Å²) < 4.78 is 19.8. The number of pyridine rings is 3. The predicted molar refractivity (Wildman–Crippen MR) is 132 cm³/mol. The number of aromatic nitrogens is 3. The number of amides is 2. The molecule has 1 saturated heterocycles. The van der Waals surface area contributed by atoms with Gasteiger partial charge in [-0.2, -0.15) is 0 Å². The second-order valence-corrected chi connectivity index (χ2v) is 9.75. The van der Waals surface area contributed by atoms with Crippen molar-refractivity contribution < 1.29 is 23.8 Å². The van der Waals surface area contributed by atoms with E-state index in [4.69, 9.17) is 4.74 Å². The molecule has 0 saturated carbocycles. The minimum absolute atomic E-state index is 0.152. The van der Waals surface area contributed by atoms with Gasteiger partial charge in [-0.05, 0) is 24.6 Å². The van der Waals surface area contributed by atoms with Crippen LogP contribution in [0.1, 0.15) is 16.1 Å². The number of hydrogen-bond donors (Lipinski definition) is 3. The molecule has 2 aliphatic rings. The smallest absolute Gasteiger partial charge is 0.269 e. The van der Waals surface area contributed by atoms with Crippen molar-refractivity contribution in [3.63, 3.8) is 0 Å². The Balaban J connectivity index is 1.18. The van der Waals surface area contributed by atoms with Crippen LogP contribution < -0.4 is 15.4 Å². The van der Waals surface area contributed by atoms with Crippen molar-refractivity contribution in [2.45, 2.75) is 17.4 Å². The van der Waals surface area contributed by atoms with Crippen LogP contribution in [0.4, 0.5) is 10.2 Å². The van der Waals surface area contributed by atoms with E-state index in [1.54, 1.807) is 24.3 Å². The van der Waals surface area contributed by atoms with Crippen molar-refractivity contribution in [2.24, 2.45) is 5.92 Å². The summed E-state index contributed by atoms with van der Waals surface area (Å²) in [5.74, 6) is -0.0413. The lowest BCUT2D eigenvalue weighted by Crippen LogP contribution is -2.35. The van der Waals surface area contributed by atoms with Gasteiger partial charge in [-0.15, -0.1) is 11.8 Å². The Morgan fingerprint density at radius 3 is 3.00 bits per heavy atom. The number of nitrogens with zero attached hydrogens (tertiary/aromatic N) is 4. The maximum Gasteiger partial charge on any atom is 0.269 e. The lowest BCUT2D eigenvalue weighted by atomic mass is 10.1. The van der Waals surface area contributed by atoms with Gasteiger partial charge in [0.05, 0.1) is 41.1 Å². The molecule has 0 aliphatic carbocycles. The van der Waals surface area contributed by atoms with Crippen LogP contribution in [-0.4, -0.2) is 81.9 Å². The van der Waals surface area contributed by atoms with Gasteiger partial charge < -0.3 is 20.5 Å². The molecule has 2 amide bonds. The van der Waals surface area contributed by atoms with Crippen molar-refractivity contribution in [1.82, 2.24) is 25.2 Å². The van der Waals surface area contributed by atoms with Gasteiger partial charge in [0, 0.05) is 43.7 Å². The summed E-state index contributed by atoms with van der Waals surface area (Å²) in [6.45, 7) is 1.75. The average molecular weight is 513 g/mol. The number of aliphatic hydroxyl groups excluding tert-OH is 1. The Bertz CT molecular complexity index is 1330. The fraction of sp³-hybridized carbons (Fsp3) is 0.375. The second-order valence-electron chi connectivity index (χ2n) is 8.73. The Kier molecular flexibility index (Phi) is 6.99. The Hall–Kier alpha value is -3.35. The summed E-state index contributed by atoms with van der Waals surface area (Å²) in [5, 5.41) is 16.1. The van der Waals surface area contributed by atoms with E-state index in [1.165, 1.54) is 25.1 Å². The highest BCUT2D eigenvalue weighted by molar-refractivity contribution is 8.00. The molecule has 5 rings (SSSR count). The molecule has 3 aromatic heterocycles. The van der Waals surface area contributed by atoms with Crippen LogP contribution in [0.15, 0.2) is 35.4 Å². The first-order chi connectivity index (χ1) is 17.4. The van der Waals surface area contributed by atoms with E-state index in [0.29, 0.717) is 60.1 Å². The van der Waals surface area contributed by atoms with Crippen LogP contribution in [-0.2, 0) is 11.2 Å². The highest BCUT2D eigenvalue weighted by Crippen LogP contribution is 2.29. The van der Waals surface area contributed by atoms with Crippen LogP contribution in [0.5, 0.6) is 5.88 Å². The van der Waals surface area contributed by atoms with Gasteiger partial charge in [0.1, 0.15) is 17.3 Å². The first-order valence-electron chi connectivity index (χ1n) is 11.5. The number of aliphatic hydroxyl groups is 1. The molecule has 0 aromatic carbocycles. The third-order valence-electron chi connectivity index (χ3n) is 6.34. The Labute approximate surface area is 210 Å². The summed E-state index contributed by atoms with van der Waals surface area (Å²) in [5.41, 5.74) is 1.70. The van der Waals surface area contributed by atoms with E-state index < -0.39 is 11.9 Å². The molecule has 12 heteroatoms. The molecule has 1 fully saturated rings. The molecule has 5 heterocycles. The minimum atomic E-state index is -0.630. The molecule has 10 nitrogen and oxygen atoms in total. The SMILES string of the molecule is COc1ccc2ncc(F)c(CCN3C[C@H](CNC(=O)c4ccc5c(n4)NC(=O)CS5)[C@H](O)C3)c2n1. The van der Waals surface area contributed by atoms with E-state index in [2.05, 4.69) is 25.6 Å². The molecular weight excluding hydrogens is 487 g/mol. The molecule has 2 aliphatic heterocycles. The minimum Gasteiger partial charge on any atom is -0.481 e. The molecule has 0 unspecified atom stereocenters. The van der Waals surface area contributed by atoms with Crippen molar-refractivity contribution in [2.75, 3.05) is 44.4 Å². The largest absolute Gasteiger partial charge is 0.481 e. The zero-order valence-corrected chi connectivity index (χ0v) is 20.3. The van der Waals surface area contributed by atoms with E-state index in [1.807, 2.05) is 4.90 Å². The first kappa shape index (κ1) is 24.3. The van der Waals surface area contributed by atoms with E-state index in [9.17, 15) is 19.1 Å². The van der Waals surface area contributed by atoms with Crippen molar-refractivity contribution >= 4 is 40.4 Å². The van der Waals surface area contributed by atoms with Crippen LogP contribution in [0, 0.1) is 11.7 Å². The quantitative estimate of drug-likeness (QED) is 0.431. The lowest BCUT2D eigenvalue weighted by molar-refractivity contribution is -0.113. The zero-order chi connectivity index (χ0) is 25.2. The summed E-state index contributed by atoms with van der Waals surface area (Å²) in [7, 11) is 1.50. The van der Waals surface area contributed by atoms with Crippen molar-refractivity contribution in [3.8, 4) is 5.88 Å². The molecule has 2 atom stereocenters. The molecule has 0 spiro atoms. The number of likely N-dealkylation sites (tertiary alicyclic amines) is 1. The molecule has 3 N–H and O–H groups in total. The molecule has 3 aromatic rings. The summed E-state index contributed by atoms with van der Waals surface area (Å²) >= 11 is 1.38. The van der Waals surface area contributed by atoms with Crippen LogP contribution in [0.25, 0.3) is 11.0 Å². The maximum absolute atomic E-state index is 14.6. The fourth-order valence-electron chi connectivity index (χ4n) is 4.43. The van der Waals surface area contributed by atoms with E-state index >= 15 is 0 Å². The molecule has 36 heavy (non-hydrogen) atoms. The van der Waals surface area contributed by atoms with Crippen LogP contribution in [0.2, 0.25) is 0 Å². The number of rotatable bonds is 7. The van der Waals surface area contributed by atoms with Gasteiger partial charge in [0.25, 0.3) is 5.91 Å². The topological polar surface area (TPSA) is 130 Å². The van der Waals surface area contributed by atoms with Crippen molar-refractivity contribution in [3.05, 3.63) is 47.5 Å². The number of methoxy groups -OCH3 is 1. The number of anilines is 1. The molecule has 0 bridgehead atoms. The number of β-amino-alcohol motifs (C(OH)–C–C–N with tert-alkyl or cyclic N) is 1. The summed E-state index contributed by atoms with van der Waals surface area (Å²) in [4.78, 5) is 39.8. The third-order valence-corrected chi connectivity index (χ3v) is 7.39. The van der Waals surface area contributed by atoms with Gasteiger partial charge >= 0.3 is 0 Å². The van der Waals surface area contributed by atoms with Gasteiger partial charge in [-0.1, -0.05) is 0 Å². The normalized spacial score (nSPS) is 19.7. The molecule has 0 radical (unpaired) electrons. The highest BCUT2D eigenvalue weighted by Gasteiger charge is 2.32. The highest BCUT2D eigenvalue weighted by atomic mass is 32.2. The Morgan fingerprint density at radius 1 is 1.31 bits per heavy atom. The summed E-state index contributed by atoms with van der Waals surface area (Å²) in [6, 6.07) is 6.81. The number of nitrogens with one attached hydrogen (secondary N) is 2. The van der Waals surface area contributed by atoms with Gasteiger partial charge in [-0.3, -0.25) is 19.5 Å². The van der Waals surface area contributed by atoms with Gasteiger partial charge in [-0.25, -0.2) is 14.4 Å². The summed E-state index contributed by atoms with van der Waals surface area (Å²) in [6.07, 6.45) is 0.955. The number of thioether (sulfide) groups is 1. The molecular formula is C24H25FN6O4S. The number of ether oxygens (including phenoxy) is 1. The van der Waals surface area contributed by atoms with Crippen LogP contribution >= 0.6 is 11.8 Å². The number of carbonyl (C=O) groups is 2. The number of fused-ring (bicyclic) bond motifs is 2. The van der Waals surface area contributed by atoms with Crippen LogP contribution in [0.3, 0.4) is 0 Å². The van der Waals surface area contributed by atoms with Gasteiger partial charge in [0.15, 0.2) is 0 Å². The molecule has 188 valence electrons. The predicted octanol–water partition coefficient (Wildman–Crippen LogP) is 1.48. The standard InChI is InChI=1S/C24H25FN6O4S/c1-35-21-5-3-16-22(30-21)14(15(25)9-26-16)6-7-31-10-13(18(32)11-31)8-27-24(34)17-2-4-19-23(28-17)29-20(33)12-36-19/h2-5,9,13,18,32H,6-8,10-12H2,1H3,(H,27,34)(H,28,29,33)/t13-,18+/m0/s1.